The van der Waals surface area contributed by atoms with Crippen molar-refractivity contribution in [2.75, 3.05) is 36.4 Å². The Hall–Kier alpha value is -4.30. The van der Waals surface area contributed by atoms with Gasteiger partial charge in [-0.1, -0.05) is 35.9 Å². The fourth-order valence-electron chi connectivity index (χ4n) is 4.18. The van der Waals surface area contributed by atoms with E-state index in [2.05, 4.69) is 25.9 Å². The Balaban J connectivity index is 0.000000541. The number of rotatable bonds is 6. The van der Waals surface area contributed by atoms with Crippen LogP contribution in [0, 0.1) is 0 Å². The molecule has 0 aliphatic carbocycles. The molecule has 3 aromatic carbocycles. The van der Waals surface area contributed by atoms with Gasteiger partial charge in [0.1, 0.15) is 5.75 Å². The Morgan fingerprint density at radius 2 is 1.49 bits per heavy atom. The summed E-state index contributed by atoms with van der Waals surface area (Å²) in [6.45, 7) is 3.99. The minimum atomic E-state index is -5.08. The van der Waals surface area contributed by atoms with E-state index in [1.807, 2.05) is 42.5 Å². The molecule has 0 bridgehead atoms. The van der Waals surface area contributed by atoms with Crippen LogP contribution in [0.2, 0.25) is 5.02 Å². The van der Waals surface area contributed by atoms with Crippen molar-refractivity contribution in [2.45, 2.75) is 19.1 Å². The Bertz CT molecular complexity index is 1540. The van der Waals surface area contributed by atoms with E-state index in [1.165, 1.54) is 29.8 Å². The molecule has 0 radical (unpaired) electrons. The number of nitrogens with zero attached hydrogens (tertiary/aromatic N) is 4. The molecule has 0 atom stereocenters. The summed E-state index contributed by atoms with van der Waals surface area (Å²) in [7, 11) is 0. The Morgan fingerprint density at radius 1 is 0.884 bits per heavy atom. The Kier molecular flexibility index (Phi) is 9.81. The summed E-state index contributed by atoms with van der Waals surface area (Å²) in [4.78, 5) is 23.1. The molecule has 4 aromatic rings. The number of piperazine rings is 1. The maximum absolute atomic E-state index is 12.5. The molecule has 15 heteroatoms. The number of carbonyl (C=O) groups is 1. The number of benzene rings is 3. The standard InChI is InChI=1S/C26H23ClF3N5O.C2HF3O2/c27-19-5-3-4-18(16-19)17-34-12-14-35(15-13-34)25-24(32-22-6-1-2-7-23(22)33-25)31-20-8-10-21(11-9-20)36-26(28,29)30;3-2(4,5)1(6)7/h1-11,16H,12-15,17H2,(H,31,32);(H,6,7). The molecule has 0 spiro atoms. The quantitative estimate of drug-likeness (QED) is 0.224. The number of ether oxygens (including phenoxy) is 1. The fourth-order valence-corrected chi connectivity index (χ4v) is 4.40. The summed E-state index contributed by atoms with van der Waals surface area (Å²) in [5.74, 6) is -1.80. The predicted molar refractivity (Wildman–Crippen MR) is 149 cm³/mol. The highest BCUT2D eigenvalue weighted by Gasteiger charge is 2.38. The molecule has 1 aromatic heterocycles. The van der Waals surface area contributed by atoms with Crippen molar-refractivity contribution >= 4 is 45.9 Å². The van der Waals surface area contributed by atoms with Crippen LogP contribution < -0.4 is 15.0 Å². The first-order valence-electron chi connectivity index (χ1n) is 12.7. The number of para-hydroxylation sites is 2. The van der Waals surface area contributed by atoms with Crippen LogP contribution >= 0.6 is 11.6 Å². The SMILES string of the molecule is FC(F)(F)Oc1ccc(Nc2nc3ccccc3nc2N2CCN(Cc3cccc(Cl)c3)CC2)cc1.O=C(O)C(F)(F)F. The first-order chi connectivity index (χ1) is 20.3. The van der Waals surface area contributed by atoms with Crippen LogP contribution in [0.3, 0.4) is 0 Å². The third kappa shape index (κ3) is 9.35. The lowest BCUT2D eigenvalue weighted by Gasteiger charge is -2.36. The van der Waals surface area contributed by atoms with Crippen molar-refractivity contribution in [3.05, 3.63) is 83.4 Å². The second-order valence-corrected chi connectivity index (χ2v) is 9.71. The fraction of sp³-hybridized carbons (Fsp3) is 0.250. The molecule has 1 saturated heterocycles. The second kappa shape index (κ2) is 13.3. The molecular formula is C28H24ClF6N5O3. The normalized spacial score (nSPS) is 14.2. The summed E-state index contributed by atoms with van der Waals surface area (Å²) in [5, 5.41) is 11.1. The smallest absolute Gasteiger partial charge is 0.475 e. The number of alkyl halides is 6. The van der Waals surface area contributed by atoms with Crippen molar-refractivity contribution in [1.82, 2.24) is 14.9 Å². The lowest BCUT2D eigenvalue weighted by Crippen LogP contribution is -2.46. The zero-order valence-corrected chi connectivity index (χ0v) is 22.9. The summed E-state index contributed by atoms with van der Waals surface area (Å²) >= 11 is 6.13. The van der Waals surface area contributed by atoms with Gasteiger partial charge in [-0.15, -0.1) is 13.2 Å². The van der Waals surface area contributed by atoms with E-state index in [4.69, 9.17) is 31.5 Å². The maximum atomic E-state index is 12.5. The third-order valence-corrected chi connectivity index (χ3v) is 6.35. The largest absolute Gasteiger partial charge is 0.573 e. The number of halogens is 7. The lowest BCUT2D eigenvalue weighted by atomic mass is 10.2. The van der Waals surface area contributed by atoms with Gasteiger partial charge in [-0.05, 0) is 54.1 Å². The number of nitrogens with one attached hydrogen (secondary N) is 1. The molecule has 1 aliphatic rings. The number of hydrogen-bond donors (Lipinski definition) is 2. The average Bonchev–Trinajstić information content (AvgIpc) is 2.93. The molecule has 8 nitrogen and oxygen atoms in total. The molecule has 43 heavy (non-hydrogen) atoms. The maximum Gasteiger partial charge on any atom is 0.573 e. The lowest BCUT2D eigenvalue weighted by molar-refractivity contribution is -0.274. The Labute approximate surface area is 246 Å². The average molecular weight is 628 g/mol. The molecule has 2 heterocycles. The number of anilines is 3. The zero-order valence-electron chi connectivity index (χ0n) is 22.2. The van der Waals surface area contributed by atoms with Crippen molar-refractivity contribution in [2.24, 2.45) is 0 Å². The summed E-state index contributed by atoms with van der Waals surface area (Å²) in [5.41, 5.74) is 3.24. The first-order valence-corrected chi connectivity index (χ1v) is 13.1. The molecule has 2 N–H and O–H groups in total. The van der Waals surface area contributed by atoms with Crippen LogP contribution in [-0.2, 0) is 11.3 Å². The molecule has 1 aliphatic heterocycles. The van der Waals surface area contributed by atoms with Crippen molar-refractivity contribution < 1.29 is 41.0 Å². The highest BCUT2D eigenvalue weighted by Crippen LogP contribution is 2.30. The minimum Gasteiger partial charge on any atom is -0.475 e. The summed E-state index contributed by atoms with van der Waals surface area (Å²) in [6, 6.07) is 21.0. The van der Waals surface area contributed by atoms with Gasteiger partial charge in [-0.25, -0.2) is 14.8 Å². The summed E-state index contributed by atoms with van der Waals surface area (Å²) in [6.07, 6.45) is -9.82. The Morgan fingerprint density at radius 3 is 2.05 bits per heavy atom. The number of carboxylic acid groups (broad SMARTS) is 1. The second-order valence-electron chi connectivity index (χ2n) is 9.28. The van der Waals surface area contributed by atoms with Gasteiger partial charge in [0, 0.05) is 43.4 Å². The van der Waals surface area contributed by atoms with Gasteiger partial charge in [0.2, 0.25) is 0 Å². The van der Waals surface area contributed by atoms with Crippen LogP contribution in [0.1, 0.15) is 5.56 Å². The molecule has 228 valence electrons. The van der Waals surface area contributed by atoms with Crippen molar-refractivity contribution in [1.29, 1.82) is 0 Å². The third-order valence-electron chi connectivity index (χ3n) is 6.11. The minimum absolute atomic E-state index is 0.284. The van der Waals surface area contributed by atoms with E-state index in [0.717, 1.165) is 48.8 Å². The van der Waals surface area contributed by atoms with Gasteiger partial charge in [-0.3, -0.25) is 4.90 Å². The monoisotopic (exact) mass is 627 g/mol. The van der Waals surface area contributed by atoms with E-state index >= 15 is 0 Å². The number of aliphatic carboxylic acids is 1. The van der Waals surface area contributed by atoms with Gasteiger partial charge >= 0.3 is 18.5 Å². The van der Waals surface area contributed by atoms with Gasteiger partial charge in [0.25, 0.3) is 0 Å². The highest BCUT2D eigenvalue weighted by atomic mass is 35.5. The highest BCUT2D eigenvalue weighted by molar-refractivity contribution is 6.30. The number of aromatic nitrogens is 2. The van der Waals surface area contributed by atoms with Crippen LogP contribution in [0.25, 0.3) is 11.0 Å². The molecular weight excluding hydrogens is 604 g/mol. The molecule has 0 saturated carbocycles. The van der Waals surface area contributed by atoms with Crippen molar-refractivity contribution in [3.63, 3.8) is 0 Å². The predicted octanol–water partition coefficient (Wildman–Crippen LogP) is 6.88. The van der Waals surface area contributed by atoms with E-state index in [9.17, 15) is 26.3 Å². The van der Waals surface area contributed by atoms with Crippen LogP contribution in [0.4, 0.5) is 43.7 Å². The van der Waals surface area contributed by atoms with Gasteiger partial charge < -0.3 is 20.1 Å². The van der Waals surface area contributed by atoms with Gasteiger partial charge in [-0.2, -0.15) is 13.2 Å². The van der Waals surface area contributed by atoms with Crippen LogP contribution in [-0.4, -0.2) is 64.7 Å². The molecule has 1 fully saturated rings. The molecule has 0 amide bonds. The first kappa shape index (κ1) is 31.6. The van der Waals surface area contributed by atoms with Crippen LogP contribution in [0.5, 0.6) is 5.75 Å². The van der Waals surface area contributed by atoms with E-state index in [0.29, 0.717) is 17.3 Å². The number of carboxylic acids is 1. The topological polar surface area (TPSA) is 90.8 Å². The number of fused-ring (bicyclic) bond motifs is 1. The summed E-state index contributed by atoms with van der Waals surface area (Å²) < 4.78 is 73.2. The molecule has 5 rings (SSSR count). The van der Waals surface area contributed by atoms with Crippen molar-refractivity contribution in [3.8, 4) is 5.75 Å². The van der Waals surface area contributed by atoms with E-state index in [1.54, 1.807) is 0 Å². The number of hydrogen-bond acceptors (Lipinski definition) is 7. The van der Waals surface area contributed by atoms with Gasteiger partial charge in [0.05, 0.1) is 11.0 Å². The van der Waals surface area contributed by atoms with Gasteiger partial charge in [0.15, 0.2) is 11.6 Å². The zero-order chi connectivity index (χ0) is 31.2. The molecule has 0 unspecified atom stereocenters. The van der Waals surface area contributed by atoms with E-state index < -0.39 is 18.5 Å². The van der Waals surface area contributed by atoms with E-state index in [-0.39, 0.29) is 5.75 Å². The van der Waals surface area contributed by atoms with Crippen LogP contribution in [0.15, 0.2) is 72.8 Å².